The summed E-state index contributed by atoms with van der Waals surface area (Å²) in [6, 6.07) is 13.0. The first-order valence-electron chi connectivity index (χ1n) is 7.36. The molecular weight excluding hydrogens is 310 g/mol. The van der Waals surface area contributed by atoms with E-state index in [1.165, 1.54) is 24.0 Å². The summed E-state index contributed by atoms with van der Waals surface area (Å²) in [6.45, 7) is 1.55. The van der Waals surface area contributed by atoms with Gasteiger partial charge in [-0.25, -0.2) is 4.79 Å². The van der Waals surface area contributed by atoms with Crippen molar-refractivity contribution in [3.8, 4) is 17.2 Å². The third kappa shape index (κ3) is 5.01. The first-order chi connectivity index (χ1) is 11.5. The number of phenolic OH excluding ortho intramolecular Hbond substituents is 1. The Morgan fingerprint density at radius 2 is 1.58 bits per heavy atom. The van der Waals surface area contributed by atoms with Crippen LogP contribution in [0.5, 0.6) is 17.2 Å². The number of amides is 1. The van der Waals surface area contributed by atoms with Gasteiger partial charge in [0.15, 0.2) is 0 Å². The van der Waals surface area contributed by atoms with E-state index in [0.29, 0.717) is 11.5 Å². The van der Waals surface area contributed by atoms with Crippen LogP contribution in [0.1, 0.15) is 12.5 Å². The second kappa shape index (κ2) is 8.01. The van der Waals surface area contributed by atoms with Crippen molar-refractivity contribution in [2.24, 2.45) is 0 Å². The van der Waals surface area contributed by atoms with Crippen molar-refractivity contribution in [3.05, 3.63) is 54.1 Å². The van der Waals surface area contributed by atoms with Crippen LogP contribution in [0.15, 0.2) is 48.5 Å². The lowest BCUT2D eigenvalue weighted by Crippen LogP contribution is -2.36. The smallest absolute Gasteiger partial charge is 0.415 e. The van der Waals surface area contributed by atoms with E-state index in [0.717, 1.165) is 5.56 Å². The summed E-state index contributed by atoms with van der Waals surface area (Å²) in [4.78, 5) is 25.1. The van der Waals surface area contributed by atoms with E-state index in [1.807, 2.05) is 0 Å². The number of hydrogen-bond acceptors (Lipinski definition) is 5. The Kier molecular flexibility index (Phi) is 5.78. The summed E-state index contributed by atoms with van der Waals surface area (Å²) in [5.74, 6) is 0.998. The fourth-order valence-corrected chi connectivity index (χ4v) is 2.08. The molecule has 0 aromatic heterocycles. The van der Waals surface area contributed by atoms with Crippen LogP contribution in [0.2, 0.25) is 0 Å². The first-order valence-corrected chi connectivity index (χ1v) is 7.36. The second-order valence-electron chi connectivity index (χ2n) is 5.27. The molecule has 2 aromatic carbocycles. The molecule has 0 aliphatic rings. The Morgan fingerprint density at radius 3 is 2.12 bits per heavy atom. The van der Waals surface area contributed by atoms with Gasteiger partial charge < -0.3 is 14.6 Å². The van der Waals surface area contributed by atoms with Crippen LogP contribution in [-0.2, 0) is 11.3 Å². The fourth-order valence-electron chi connectivity index (χ4n) is 2.08. The van der Waals surface area contributed by atoms with Crippen LogP contribution >= 0.6 is 0 Å². The Morgan fingerprint density at radius 1 is 1.00 bits per heavy atom. The van der Waals surface area contributed by atoms with Crippen LogP contribution in [0.25, 0.3) is 0 Å². The number of Topliss-reactive ketones (excluding diaryl/α,β-unsaturated/α-hetero) is 1. The van der Waals surface area contributed by atoms with E-state index in [4.69, 9.17) is 9.47 Å². The molecule has 1 amide bonds. The molecule has 0 unspecified atom stereocenters. The fraction of sp³-hybridized carbons (Fsp3) is 0.222. The molecule has 0 aliphatic carbocycles. The van der Waals surface area contributed by atoms with E-state index < -0.39 is 6.09 Å². The van der Waals surface area contributed by atoms with Gasteiger partial charge in [-0.15, -0.1) is 0 Å². The maximum absolute atomic E-state index is 12.3. The molecule has 6 nitrogen and oxygen atoms in total. The van der Waals surface area contributed by atoms with Gasteiger partial charge >= 0.3 is 6.09 Å². The number of carbonyl (C=O) groups is 2. The molecule has 0 saturated heterocycles. The Labute approximate surface area is 140 Å². The molecule has 0 atom stereocenters. The zero-order valence-corrected chi connectivity index (χ0v) is 13.6. The number of ketones is 1. The van der Waals surface area contributed by atoms with Gasteiger partial charge in [-0.3, -0.25) is 9.69 Å². The van der Waals surface area contributed by atoms with Gasteiger partial charge in [0.2, 0.25) is 0 Å². The lowest BCUT2D eigenvalue weighted by molar-refractivity contribution is -0.117. The van der Waals surface area contributed by atoms with Crippen LogP contribution < -0.4 is 9.47 Å². The SMILES string of the molecule is COc1ccc(OC(=O)N(CC(C)=O)Cc2ccc(O)cc2)cc1. The minimum atomic E-state index is -0.622. The molecule has 24 heavy (non-hydrogen) atoms. The highest BCUT2D eigenvalue weighted by atomic mass is 16.6. The monoisotopic (exact) mass is 329 g/mol. The summed E-state index contributed by atoms with van der Waals surface area (Å²) in [6.07, 6.45) is -0.622. The molecule has 2 rings (SSSR count). The van der Waals surface area contributed by atoms with Gasteiger partial charge in [-0.2, -0.15) is 0 Å². The molecule has 126 valence electrons. The van der Waals surface area contributed by atoms with Crippen molar-refractivity contribution in [1.29, 1.82) is 0 Å². The second-order valence-corrected chi connectivity index (χ2v) is 5.27. The number of methoxy groups -OCH3 is 1. The van der Waals surface area contributed by atoms with E-state index in [1.54, 1.807) is 43.5 Å². The van der Waals surface area contributed by atoms with E-state index >= 15 is 0 Å². The van der Waals surface area contributed by atoms with Gasteiger partial charge in [0.05, 0.1) is 13.7 Å². The largest absolute Gasteiger partial charge is 0.508 e. The van der Waals surface area contributed by atoms with Crippen molar-refractivity contribution < 1.29 is 24.2 Å². The molecule has 1 N–H and O–H groups in total. The van der Waals surface area contributed by atoms with E-state index in [2.05, 4.69) is 0 Å². The summed E-state index contributed by atoms with van der Waals surface area (Å²) in [5, 5.41) is 9.31. The Bertz CT molecular complexity index is 694. The van der Waals surface area contributed by atoms with Gasteiger partial charge in [-0.1, -0.05) is 12.1 Å². The predicted octanol–water partition coefficient (Wildman–Crippen LogP) is 2.99. The quantitative estimate of drug-likeness (QED) is 0.881. The third-order valence-corrected chi connectivity index (χ3v) is 3.25. The molecule has 0 fully saturated rings. The van der Waals surface area contributed by atoms with Gasteiger partial charge in [0, 0.05) is 6.54 Å². The molecule has 0 bridgehead atoms. The Balaban J connectivity index is 2.08. The average molecular weight is 329 g/mol. The summed E-state index contributed by atoms with van der Waals surface area (Å²) < 4.78 is 10.3. The number of nitrogens with zero attached hydrogens (tertiary/aromatic N) is 1. The molecule has 2 aromatic rings. The lowest BCUT2D eigenvalue weighted by Gasteiger charge is -2.21. The predicted molar refractivity (Wildman–Crippen MR) is 88.2 cm³/mol. The number of carbonyl (C=O) groups excluding carboxylic acids is 2. The third-order valence-electron chi connectivity index (χ3n) is 3.25. The topological polar surface area (TPSA) is 76.1 Å². The number of hydrogen-bond donors (Lipinski definition) is 1. The summed E-state index contributed by atoms with van der Waals surface area (Å²) >= 11 is 0. The molecule has 6 heteroatoms. The van der Waals surface area contributed by atoms with Gasteiger partial charge in [-0.05, 0) is 48.9 Å². The zero-order valence-electron chi connectivity index (χ0n) is 13.6. The maximum Gasteiger partial charge on any atom is 0.415 e. The highest BCUT2D eigenvalue weighted by Crippen LogP contribution is 2.18. The summed E-state index contributed by atoms with van der Waals surface area (Å²) in [5.41, 5.74) is 0.778. The normalized spacial score (nSPS) is 10.1. The van der Waals surface area contributed by atoms with Gasteiger partial charge in [0.1, 0.15) is 23.0 Å². The zero-order chi connectivity index (χ0) is 17.5. The number of phenols is 1. The van der Waals surface area contributed by atoms with Crippen LogP contribution in [0.3, 0.4) is 0 Å². The number of aromatic hydroxyl groups is 1. The minimum Gasteiger partial charge on any atom is -0.508 e. The molecule has 0 aliphatic heterocycles. The highest BCUT2D eigenvalue weighted by Gasteiger charge is 2.18. The molecule has 0 radical (unpaired) electrons. The van der Waals surface area contributed by atoms with Gasteiger partial charge in [0.25, 0.3) is 0 Å². The van der Waals surface area contributed by atoms with E-state index in [-0.39, 0.29) is 24.6 Å². The first kappa shape index (κ1) is 17.3. The lowest BCUT2D eigenvalue weighted by atomic mass is 10.2. The number of benzene rings is 2. The van der Waals surface area contributed by atoms with Crippen LogP contribution in [0, 0.1) is 0 Å². The molecular formula is C18H19NO5. The summed E-state index contributed by atoms with van der Waals surface area (Å²) in [7, 11) is 1.55. The molecule has 0 heterocycles. The standard InChI is InChI=1S/C18H19NO5/c1-13(20)11-19(12-14-3-5-15(21)6-4-14)18(22)24-17-9-7-16(23-2)8-10-17/h3-10,21H,11-12H2,1-2H3. The highest BCUT2D eigenvalue weighted by molar-refractivity contribution is 5.82. The van der Waals surface area contributed by atoms with Crippen molar-refractivity contribution in [3.63, 3.8) is 0 Å². The van der Waals surface area contributed by atoms with Crippen molar-refractivity contribution in [2.45, 2.75) is 13.5 Å². The van der Waals surface area contributed by atoms with Crippen LogP contribution in [0.4, 0.5) is 4.79 Å². The number of rotatable bonds is 6. The van der Waals surface area contributed by atoms with Crippen molar-refractivity contribution >= 4 is 11.9 Å². The van der Waals surface area contributed by atoms with Crippen molar-refractivity contribution in [2.75, 3.05) is 13.7 Å². The maximum atomic E-state index is 12.3. The van der Waals surface area contributed by atoms with E-state index in [9.17, 15) is 14.7 Å². The Hall–Kier alpha value is -3.02. The number of ether oxygens (including phenoxy) is 2. The molecule has 0 saturated carbocycles. The molecule has 0 spiro atoms. The average Bonchev–Trinajstić information content (AvgIpc) is 2.56. The van der Waals surface area contributed by atoms with Crippen molar-refractivity contribution in [1.82, 2.24) is 4.90 Å². The minimum absolute atomic E-state index is 0.0597. The van der Waals surface area contributed by atoms with Crippen LogP contribution in [-0.4, -0.2) is 35.5 Å².